The molecule has 0 radical (unpaired) electrons. The summed E-state index contributed by atoms with van der Waals surface area (Å²) >= 11 is 0. The van der Waals surface area contributed by atoms with Crippen molar-refractivity contribution in [2.24, 2.45) is 5.92 Å². The maximum absolute atomic E-state index is 3.30. The summed E-state index contributed by atoms with van der Waals surface area (Å²) < 4.78 is 0. The van der Waals surface area contributed by atoms with E-state index in [4.69, 9.17) is 0 Å². The second-order valence-corrected chi connectivity index (χ2v) is 2.64. The molecule has 1 nitrogen and oxygen atoms in total. The highest BCUT2D eigenvalue weighted by atomic mass is 14.9. The normalized spacial score (nSPS) is 36.8. The molecule has 8 heavy (non-hydrogen) atoms. The molecule has 0 heterocycles. The first kappa shape index (κ1) is 6.09. The van der Waals surface area contributed by atoms with Crippen LogP contribution in [0.2, 0.25) is 0 Å². The SMILES string of the molecule is CC[C@H]1CCC1NC. The Hall–Kier alpha value is -0.0400. The van der Waals surface area contributed by atoms with Crippen LogP contribution in [0.4, 0.5) is 0 Å². The topological polar surface area (TPSA) is 12.0 Å². The molecule has 0 aromatic heterocycles. The van der Waals surface area contributed by atoms with Gasteiger partial charge in [-0.1, -0.05) is 13.3 Å². The van der Waals surface area contributed by atoms with Crippen molar-refractivity contribution in [3.8, 4) is 0 Å². The summed E-state index contributed by atoms with van der Waals surface area (Å²) in [6, 6.07) is 0.847. The van der Waals surface area contributed by atoms with Crippen LogP contribution >= 0.6 is 0 Å². The standard InChI is InChI=1S/C7H15N/c1-3-6-4-5-7(6)8-2/h6-8H,3-5H2,1-2H3/t6-,7?/m0/s1. The fourth-order valence-electron chi connectivity index (χ4n) is 1.44. The summed E-state index contributed by atoms with van der Waals surface area (Å²) in [6.45, 7) is 2.27. The van der Waals surface area contributed by atoms with Crippen molar-refractivity contribution >= 4 is 0 Å². The molecule has 1 unspecified atom stereocenters. The summed E-state index contributed by atoms with van der Waals surface area (Å²) in [7, 11) is 2.06. The Balaban J connectivity index is 2.16. The zero-order chi connectivity index (χ0) is 5.98. The van der Waals surface area contributed by atoms with Gasteiger partial charge in [-0.25, -0.2) is 0 Å². The van der Waals surface area contributed by atoms with Crippen molar-refractivity contribution in [1.82, 2.24) is 5.32 Å². The van der Waals surface area contributed by atoms with Gasteiger partial charge < -0.3 is 5.32 Å². The van der Waals surface area contributed by atoms with Gasteiger partial charge in [0.1, 0.15) is 0 Å². The molecule has 1 fully saturated rings. The number of hydrogen-bond acceptors (Lipinski definition) is 1. The Bertz CT molecular complexity index is 56.8. The predicted molar refractivity (Wildman–Crippen MR) is 35.9 cm³/mol. The Morgan fingerprint density at radius 2 is 2.25 bits per heavy atom. The molecular formula is C7H15N. The second kappa shape index (κ2) is 2.49. The molecule has 0 aromatic rings. The largest absolute Gasteiger partial charge is 0.317 e. The maximum atomic E-state index is 3.30. The van der Waals surface area contributed by atoms with Gasteiger partial charge in [0.15, 0.2) is 0 Å². The second-order valence-electron chi connectivity index (χ2n) is 2.64. The van der Waals surface area contributed by atoms with Gasteiger partial charge >= 0.3 is 0 Å². The van der Waals surface area contributed by atoms with Crippen LogP contribution in [-0.4, -0.2) is 13.1 Å². The van der Waals surface area contributed by atoms with E-state index in [0.717, 1.165) is 12.0 Å². The van der Waals surface area contributed by atoms with E-state index in [1.807, 2.05) is 0 Å². The molecule has 1 heteroatoms. The van der Waals surface area contributed by atoms with E-state index in [1.165, 1.54) is 19.3 Å². The molecule has 1 aliphatic carbocycles. The molecular weight excluding hydrogens is 98.1 g/mol. The van der Waals surface area contributed by atoms with Crippen LogP contribution in [0.5, 0.6) is 0 Å². The van der Waals surface area contributed by atoms with Crippen LogP contribution in [0.3, 0.4) is 0 Å². The van der Waals surface area contributed by atoms with E-state index in [2.05, 4.69) is 19.3 Å². The van der Waals surface area contributed by atoms with Crippen molar-refractivity contribution in [2.75, 3.05) is 7.05 Å². The van der Waals surface area contributed by atoms with Gasteiger partial charge in [-0.15, -0.1) is 0 Å². The van der Waals surface area contributed by atoms with Crippen LogP contribution in [0, 0.1) is 5.92 Å². The third-order valence-electron chi connectivity index (χ3n) is 2.31. The van der Waals surface area contributed by atoms with Crippen molar-refractivity contribution in [3.05, 3.63) is 0 Å². The van der Waals surface area contributed by atoms with Gasteiger partial charge in [0.2, 0.25) is 0 Å². The third-order valence-corrected chi connectivity index (χ3v) is 2.31. The van der Waals surface area contributed by atoms with Gasteiger partial charge in [0.05, 0.1) is 0 Å². The molecule has 1 aliphatic rings. The molecule has 2 atom stereocenters. The fourth-order valence-corrected chi connectivity index (χ4v) is 1.44. The number of nitrogens with one attached hydrogen (secondary N) is 1. The fraction of sp³-hybridized carbons (Fsp3) is 1.00. The lowest BCUT2D eigenvalue weighted by Gasteiger charge is -2.35. The lowest BCUT2D eigenvalue weighted by atomic mass is 9.78. The summed E-state index contributed by atoms with van der Waals surface area (Å²) in [5.41, 5.74) is 0. The van der Waals surface area contributed by atoms with Crippen molar-refractivity contribution in [2.45, 2.75) is 32.2 Å². The molecule has 0 amide bonds. The quantitative estimate of drug-likeness (QED) is 0.570. The first-order valence-electron chi connectivity index (χ1n) is 3.55. The highest BCUT2D eigenvalue weighted by Gasteiger charge is 2.26. The summed E-state index contributed by atoms with van der Waals surface area (Å²) in [5, 5.41) is 3.30. The average molecular weight is 113 g/mol. The zero-order valence-electron chi connectivity index (χ0n) is 5.78. The van der Waals surface area contributed by atoms with Crippen LogP contribution < -0.4 is 5.32 Å². The summed E-state index contributed by atoms with van der Waals surface area (Å²) in [6.07, 6.45) is 4.20. The Kier molecular flexibility index (Phi) is 1.90. The third kappa shape index (κ3) is 0.873. The highest BCUT2D eigenvalue weighted by Crippen LogP contribution is 2.29. The summed E-state index contributed by atoms with van der Waals surface area (Å²) in [5.74, 6) is 0.986. The van der Waals surface area contributed by atoms with E-state index in [-0.39, 0.29) is 0 Å². The minimum Gasteiger partial charge on any atom is -0.317 e. The van der Waals surface area contributed by atoms with Crippen molar-refractivity contribution in [1.29, 1.82) is 0 Å². The van der Waals surface area contributed by atoms with E-state index in [0.29, 0.717) is 0 Å². The Morgan fingerprint density at radius 3 is 2.38 bits per heavy atom. The monoisotopic (exact) mass is 113 g/mol. The first-order valence-corrected chi connectivity index (χ1v) is 3.55. The zero-order valence-corrected chi connectivity index (χ0v) is 5.78. The van der Waals surface area contributed by atoms with E-state index >= 15 is 0 Å². The van der Waals surface area contributed by atoms with Gasteiger partial charge in [0, 0.05) is 6.04 Å². The maximum Gasteiger partial charge on any atom is 0.00923 e. The highest BCUT2D eigenvalue weighted by molar-refractivity contribution is 4.84. The molecule has 1 N–H and O–H groups in total. The minimum absolute atomic E-state index is 0.847. The summed E-state index contributed by atoms with van der Waals surface area (Å²) in [4.78, 5) is 0. The molecule has 48 valence electrons. The van der Waals surface area contributed by atoms with Gasteiger partial charge in [-0.05, 0) is 25.8 Å². The smallest absolute Gasteiger partial charge is 0.00923 e. The van der Waals surface area contributed by atoms with E-state index in [1.54, 1.807) is 0 Å². The van der Waals surface area contributed by atoms with Crippen molar-refractivity contribution < 1.29 is 0 Å². The van der Waals surface area contributed by atoms with Crippen LogP contribution in [0.25, 0.3) is 0 Å². The average Bonchev–Trinajstić information content (AvgIpc) is 1.66. The Morgan fingerprint density at radius 1 is 1.50 bits per heavy atom. The molecule has 1 saturated carbocycles. The molecule has 0 spiro atoms. The van der Waals surface area contributed by atoms with Gasteiger partial charge in [-0.3, -0.25) is 0 Å². The van der Waals surface area contributed by atoms with Crippen LogP contribution in [0.1, 0.15) is 26.2 Å². The molecule has 0 bridgehead atoms. The predicted octanol–water partition coefficient (Wildman–Crippen LogP) is 1.39. The number of rotatable bonds is 2. The van der Waals surface area contributed by atoms with Gasteiger partial charge in [0.25, 0.3) is 0 Å². The lowest BCUT2D eigenvalue weighted by Crippen LogP contribution is -2.41. The van der Waals surface area contributed by atoms with Crippen LogP contribution in [-0.2, 0) is 0 Å². The minimum atomic E-state index is 0.847. The van der Waals surface area contributed by atoms with Crippen molar-refractivity contribution in [3.63, 3.8) is 0 Å². The van der Waals surface area contributed by atoms with Crippen LogP contribution in [0.15, 0.2) is 0 Å². The molecule has 0 aromatic carbocycles. The molecule has 0 aliphatic heterocycles. The van der Waals surface area contributed by atoms with E-state index < -0.39 is 0 Å². The number of hydrogen-bond donors (Lipinski definition) is 1. The van der Waals surface area contributed by atoms with E-state index in [9.17, 15) is 0 Å². The Labute approximate surface area is 51.5 Å². The lowest BCUT2D eigenvalue weighted by molar-refractivity contribution is 0.215. The molecule has 1 rings (SSSR count). The first-order chi connectivity index (χ1) is 3.88. The van der Waals surface area contributed by atoms with Gasteiger partial charge in [-0.2, -0.15) is 0 Å². The molecule has 0 saturated heterocycles.